The minimum absolute atomic E-state index is 0.0296. The van der Waals surface area contributed by atoms with Crippen LogP contribution in [0.4, 0.5) is 0 Å². The molecule has 0 aromatic heterocycles. The summed E-state index contributed by atoms with van der Waals surface area (Å²) in [5.74, 6) is 0.437. The van der Waals surface area contributed by atoms with Gasteiger partial charge in [0.05, 0.1) is 12.5 Å². The van der Waals surface area contributed by atoms with Crippen LogP contribution in [-0.2, 0) is 9.53 Å². The van der Waals surface area contributed by atoms with Crippen molar-refractivity contribution in [2.24, 2.45) is 17.3 Å². The monoisotopic (exact) mass is 234 g/mol. The molecule has 0 unspecified atom stereocenters. The van der Waals surface area contributed by atoms with Gasteiger partial charge in [-0.15, -0.1) is 6.58 Å². The first-order valence-corrected chi connectivity index (χ1v) is 6.54. The van der Waals surface area contributed by atoms with Crippen LogP contribution in [0.5, 0.6) is 0 Å². The zero-order valence-electron chi connectivity index (χ0n) is 10.9. The summed E-state index contributed by atoms with van der Waals surface area (Å²) in [5.41, 5.74) is 1.62. The van der Waals surface area contributed by atoms with Crippen molar-refractivity contribution in [1.82, 2.24) is 0 Å². The average Bonchev–Trinajstić information content (AvgIpc) is 2.74. The van der Waals surface area contributed by atoms with Crippen LogP contribution < -0.4 is 0 Å². The number of esters is 1. The third-order valence-corrected chi connectivity index (χ3v) is 4.14. The molecular weight excluding hydrogens is 212 g/mol. The number of hydrogen-bond donors (Lipinski definition) is 0. The summed E-state index contributed by atoms with van der Waals surface area (Å²) < 4.78 is 5.27. The van der Waals surface area contributed by atoms with Crippen molar-refractivity contribution in [2.45, 2.75) is 39.5 Å². The fourth-order valence-electron chi connectivity index (χ4n) is 2.57. The minimum Gasteiger partial charge on any atom is -0.465 e. The van der Waals surface area contributed by atoms with Crippen LogP contribution in [0.2, 0.25) is 0 Å². The second-order valence-corrected chi connectivity index (χ2v) is 5.75. The van der Waals surface area contributed by atoms with E-state index in [1.807, 2.05) is 0 Å². The molecule has 2 fully saturated rings. The molecule has 0 amide bonds. The largest absolute Gasteiger partial charge is 0.465 e. The molecule has 0 N–H and O–H groups in total. The number of carbonyl (C=O) groups excluding carboxylic acids is 1. The fraction of sp³-hybridized carbons (Fsp3) is 0.667. The third-order valence-electron chi connectivity index (χ3n) is 4.14. The lowest BCUT2D eigenvalue weighted by molar-refractivity contribution is -0.146. The van der Waals surface area contributed by atoms with E-state index in [1.54, 1.807) is 6.08 Å². The van der Waals surface area contributed by atoms with E-state index in [-0.39, 0.29) is 17.3 Å². The first-order valence-electron chi connectivity index (χ1n) is 6.54. The SMILES string of the molecule is C=CCCOC(=O)[C@@H]1[C@@H](C=C2CCC2)C1(C)C. The van der Waals surface area contributed by atoms with Gasteiger partial charge in [-0.3, -0.25) is 4.79 Å². The van der Waals surface area contributed by atoms with E-state index >= 15 is 0 Å². The summed E-state index contributed by atoms with van der Waals surface area (Å²) in [6.07, 6.45) is 8.61. The molecule has 0 radical (unpaired) electrons. The van der Waals surface area contributed by atoms with Crippen molar-refractivity contribution in [3.05, 3.63) is 24.3 Å². The van der Waals surface area contributed by atoms with Crippen molar-refractivity contribution < 1.29 is 9.53 Å². The number of ether oxygens (including phenoxy) is 1. The van der Waals surface area contributed by atoms with Gasteiger partial charge < -0.3 is 4.74 Å². The molecule has 2 rings (SSSR count). The second-order valence-electron chi connectivity index (χ2n) is 5.75. The molecule has 2 heteroatoms. The van der Waals surface area contributed by atoms with Crippen LogP contribution in [0.25, 0.3) is 0 Å². The Labute approximate surface area is 104 Å². The van der Waals surface area contributed by atoms with Crippen LogP contribution in [-0.4, -0.2) is 12.6 Å². The normalized spacial score (nSPS) is 29.2. The highest BCUT2D eigenvalue weighted by Gasteiger charge is 2.61. The molecule has 17 heavy (non-hydrogen) atoms. The Morgan fingerprint density at radius 3 is 2.76 bits per heavy atom. The summed E-state index contributed by atoms with van der Waals surface area (Å²) in [6, 6.07) is 0. The molecular formula is C15H22O2. The first-order chi connectivity index (χ1) is 8.07. The quantitative estimate of drug-likeness (QED) is 0.413. The highest BCUT2D eigenvalue weighted by Crippen LogP contribution is 2.60. The lowest BCUT2D eigenvalue weighted by Crippen LogP contribution is -2.11. The molecule has 0 bridgehead atoms. The van der Waals surface area contributed by atoms with E-state index in [0.717, 1.165) is 6.42 Å². The van der Waals surface area contributed by atoms with E-state index in [0.29, 0.717) is 12.5 Å². The first kappa shape index (κ1) is 12.4. The van der Waals surface area contributed by atoms with Gasteiger partial charge in [-0.05, 0) is 37.0 Å². The minimum atomic E-state index is -0.0296. The van der Waals surface area contributed by atoms with Crippen LogP contribution in [0.3, 0.4) is 0 Å². The van der Waals surface area contributed by atoms with E-state index in [9.17, 15) is 4.79 Å². The lowest BCUT2D eigenvalue weighted by atomic mass is 9.90. The van der Waals surface area contributed by atoms with Gasteiger partial charge in [-0.25, -0.2) is 0 Å². The molecule has 2 aliphatic carbocycles. The third kappa shape index (κ3) is 2.46. The van der Waals surface area contributed by atoms with Crippen molar-refractivity contribution in [2.75, 3.05) is 6.61 Å². The Bertz CT molecular complexity index is 346. The standard InChI is InChI=1S/C15H22O2/c1-4-5-9-17-14(16)13-12(15(13,2)3)10-11-7-6-8-11/h4,10,12-13H,1,5-9H2,2-3H3/t12-,13+/m1/s1. The summed E-state index contributed by atoms with van der Waals surface area (Å²) in [4.78, 5) is 11.9. The van der Waals surface area contributed by atoms with Gasteiger partial charge in [0, 0.05) is 0 Å². The van der Waals surface area contributed by atoms with Crippen molar-refractivity contribution in [3.8, 4) is 0 Å². The van der Waals surface area contributed by atoms with Gasteiger partial charge in [0.2, 0.25) is 0 Å². The molecule has 94 valence electrons. The number of rotatable bonds is 5. The summed E-state index contributed by atoms with van der Waals surface area (Å²) in [6.45, 7) is 8.41. The van der Waals surface area contributed by atoms with E-state index in [1.165, 1.54) is 24.8 Å². The van der Waals surface area contributed by atoms with Crippen LogP contribution in [0.1, 0.15) is 39.5 Å². The zero-order valence-corrected chi connectivity index (χ0v) is 10.9. The van der Waals surface area contributed by atoms with Crippen LogP contribution in [0.15, 0.2) is 24.3 Å². The molecule has 2 atom stereocenters. The van der Waals surface area contributed by atoms with Gasteiger partial charge in [-0.1, -0.05) is 31.6 Å². The van der Waals surface area contributed by atoms with E-state index in [4.69, 9.17) is 4.74 Å². The maximum atomic E-state index is 11.9. The molecule has 2 saturated carbocycles. The molecule has 0 saturated heterocycles. The maximum absolute atomic E-state index is 11.9. The van der Waals surface area contributed by atoms with Gasteiger partial charge in [0.15, 0.2) is 0 Å². The maximum Gasteiger partial charge on any atom is 0.310 e. The topological polar surface area (TPSA) is 26.3 Å². The average molecular weight is 234 g/mol. The number of hydrogen-bond acceptors (Lipinski definition) is 2. The Kier molecular flexibility index (Phi) is 3.41. The molecule has 0 aromatic carbocycles. The number of carbonyl (C=O) groups is 1. The summed E-state index contributed by atoms with van der Waals surface area (Å²) in [5, 5.41) is 0. The molecule has 0 aromatic rings. The Morgan fingerprint density at radius 2 is 2.24 bits per heavy atom. The van der Waals surface area contributed by atoms with E-state index in [2.05, 4.69) is 26.5 Å². The van der Waals surface area contributed by atoms with Gasteiger partial charge in [0.1, 0.15) is 0 Å². The second kappa shape index (κ2) is 4.67. The molecule has 0 aliphatic heterocycles. The highest BCUT2D eigenvalue weighted by molar-refractivity contribution is 5.78. The van der Waals surface area contributed by atoms with Crippen molar-refractivity contribution in [1.29, 1.82) is 0 Å². The predicted molar refractivity (Wildman–Crippen MR) is 68.5 cm³/mol. The highest BCUT2D eigenvalue weighted by atomic mass is 16.5. The summed E-state index contributed by atoms with van der Waals surface area (Å²) in [7, 11) is 0. The summed E-state index contributed by atoms with van der Waals surface area (Å²) >= 11 is 0. The van der Waals surface area contributed by atoms with Gasteiger partial charge in [-0.2, -0.15) is 0 Å². The fourth-order valence-corrected chi connectivity index (χ4v) is 2.57. The zero-order chi connectivity index (χ0) is 12.5. The van der Waals surface area contributed by atoms with Crippen LogP contribution >= 0.6 is 0 Å². The smallest absolute Gasteiger partial charge is 0.310 e. The van der Waals surface area contributed by atoms with Crippen molar-refractivity contribution in [3.63, 3.8) is 0 Å². The molecule has 0 heterocycles. The van der Waals surface area contributed by atoms with Crippen molar-refractivity contribution >= 4 is 5.97 Å². The lowest BCUT2D eigenvalue weighted by Gasteiger charge is -2.16. The Hall–Kier alpha value is -1.05. The molecule has 2 nitrogen and oxygen atoms in total. The Morgan fingerprint density at radius 1 is 1.53 bits per heavy atom. The molecule has 0 spiro atoms. The predicted octanol–water partition coefficient (Wildman–Crippen LogP) is 3.49. The van der Waals surface area contributed by atoms with Crippen LogP contribution in [0, 0.1) is 17.3 Å². The van der Waals surface area contributed by atoms with E-state index < -0.39 is 0 Å². The Balaban J connectivity index is 1.88. The molecule has 2 aliphatic rings. The van der Waals surface area contributed by atoms with Gasteiger partial charge >= 0.3 is 5.97 Å². The van der Waals surface area contributed by atoms with Gasteiger partial charge in [0.25, 0.3) is 0 Å². The number of allylic oxidation sites excluding steroid dienone is 2.